The van der Waals surface area contributed by atoms with E-state index in [1.54, 1.807) is 48.5 Å². The highest BCUT2D eigenvalue weighted by Gasteiger charge is 2.40. The minimum atomic E-state index is -0.729. The molecule has 3 aromatic carbocycles. The summed E-state index contributed by atoms with van der Waals surface area (Å²) in [6.45, 7) is 1.84. The highest BCUT2D eigenvalue weighted by atomic mass is 35.5. The number of aryl methyl sites for hydroxylation is 1. The average molecular weight is 535 g/mol. The average Bonchev–Trinajstić information content (AvgIpc) is 3.01. The molecule has 0 fully saturated rings. The highest BCUT2D eigenvalue weighted by Crippen LogP contribution is 2.35. The summed E-state index contributed by atoms with van der Waals surface area (Å²) in [7, 11) is 0. The lowest BCUT2D eigenvalue weighted by molar-refractivity contribution is -0.120. The van der Waals surface area contributed by atoms with Crippen LogP contribution in [0, 0.1) is 6.92 Å². The Morgan fingerprint density at radius 3 is 2.15 bits per heavy atom. The fourth-order valence-corrected chi connectivity index (χ4v) is 4.11. The summed E-state index contributed by atoms with van der Waals surface area (Å²) < 4.78 is 0. The number of amides is 3. The molecule has 2 N–H and O–H groups in total. The van der Waals surface area contributed by atoms with Gasteiger partial charge in [-0.2, -0.15) is 0 Å². The molecule has 34 heavy (non-hydrogen) atoms. The minimum Gasteiger partial charge on any atom is -0.350 e. The second-order valence-corrected chi connectivity index (χ2v) is 9.00. The van der Waals surface area contributed by atoms with Crippen molar-refractivity contribution in [1.82, 2.24) is 0 Å². The minimum absolute atomic E-state index is 0.114. The molecule has 10 heteroatoms. The summed E-state index contributed by atoms with van der Waals surface area (Å²) in [5.41, 5.74) is 2.33. The van der Waals surface area contributed by atoms with E-state index in [0.717, 1.165) is 10.5 Å². The maximum Gasteiger partial charge on any atom is 0.283 e. The van der Waals surface area contributed by atoms with Gasteiger partial charge in [-0.3, -0.25) is 14.4 Å². The van der Waals surface area contributed by atoms with Gasteiger partial charge in [-0.25, -0.2) is 4.90 Å². The molecule has 1 heterocycles. The van der Waals surface area contributed by atoms with Crippen LogP contribution in [-0.4, -0.2) is 17.7 Å². The van der Waals surface area contributed by atoms with E-state index in [0.29, 0.717) is 27.0 Å². The predicted molar refractivity (Wildman–Crippen MR) is 136 cm³/mol. The summed E-state index contributed by atoms with van der Waals surface area (Å²) in [4.78, 5) is 39.1. The standard InChI is InChI=1S/C24H15Cl4N3O3/c1-12-10-14(25)5-9-18(12)30-22(32)13-2-6-16(7-3-13)29-21-20(28)23(33)31(24(21)34)19-11-15(26)4-8-17(19)27/h2-11,29H,1H3,(H,30,32). The lowest BCUT2D eigenvalue weighted by Gasteiger charge is -2.17. The molecule has 6 nitrogen and oxygen atoms in total. The van der Waals surface area contributed by atoms with E-state index in [-0.39, 0.29) is 27.3 Å². The highest BCUT2D eigenvalue weighted by molar-refractivity contribution is 6.54. The summed E-state index contributed by atoms with van der Waals surface area (Å²) in [6, 6.07) is 15.9. The van der Waals surface area contributed by atoms with Crippen molar-refractivity contribution >= 4 is 81.2 Å². The first-order valence-electron chi connectivity index (χ1n) is 9.84. The van der Waals surface area contributed by atoms with Crippen molar-refractivity contribution in [2.75, 3.05) is 15.5 Å². The Kier molecular flexibility index (Phi) is 6.86. The van der Waals surface area contributed by atoms with Gasteiger partial charge < -0.3 is 10.6 Å². The van der Waals surface area contributed by atoms with E-state index in [1.807, 2.05) is 6.92 Å². The Bertz CT molecular complexity index is 1370. The number of rotatable bonds is 5. The van der Waals surface area contributed by atoms with Crippen molar-refractivity contribution < 1.29 is 14.4 Å². The Morgan fingerprint density at radius 1 is 0.824 bits per heavy atom. The SMILES string of the molecule is Cc1cc(Cl)ccc1NC(=O)c1ccc(NC2=C(Cl)C(=O)N(c3cc(Cl)ccc3Cl)C2=O)cc1. The molecule has 0 saturated carbocycles. The van der Waals surface area contributed by atoms with Crippen LogP contribution in [0.5, 0.6) is 0 Å². The Labute approximate surface area is 215 Å². The van der Waals surface area contributed by atoms with Crippen LogP contribution >= 0.6 is 46.4 Å². The normalized spacial score (nSPS) is 13.5. The number of nitrogens with zero attached hydrogens (tertiary/aromatic N) is 1. The maximum absolute atomic E-state index is 13.0. The number of hydrogen-bond donors (Lipinski definition) is 2. The van der Waals surface area contributed by atoms with Gasteiger partial charge in [0.1, 0.15) is 10.7 Å². The first kappa shape index (κ1) is 24.1. The van der Waals surface area contributed by atoms with Crippen LogP contribution in [0.3, 0.4) is 0 Å². The molecule has 0 saturated heterocycles. The lowest BCUT2D eigenvalue weighted by Crippen LogP contribution is -2.32. The van der Waals surface area contributed by atoms with Crippen LogP contribution in [0.2, 0.25) is 15.1 Å². The molecule has 0 unspecified atom stereocenters. The zero-order chi connectivity index (χ0) is 24.6. The zero-order valence-electron chi connectivity index (χ0n) is 17.5. The molecule has 0 aliphatic carbocycles. The lowest BCUT2D eigenvalue weighted by atomic mass is 10.1. The molecule has 3 aromatic rings. The molecule has 0 spiro atoms. The van der Waals surface area contributed by atoms with Crippen molar-refractivity contribution in [3.8, 4) is 0 Å². The van der Waals surface area contributed by atoms with E-state index < -0.39 is 11.8 Å². The summed E-state index contributed by atoms with van der Waals surface area (Å²) in [5, 5.41) is 6.44. The third-order valence-electron chi connectivity index (χ3n) is 5.03. The van der Waals surface area contributed by atoms with E-state index >= 15 is 0 Å². The molecule has 172 valence electrons. The molecule has 0 bridgehead atoms. The van der Waals surface area contributed by atoms with Crippen LogP contribution in [0.15, 0.2) is 71.4 Å². The van der Waals surface area contributed by atoms with E-state index in [9.17, 15) is 14.4 Å². The van der Waals surface area contributed by atoms with Gasteiger partial charge in [0.05, 0.1) is 10.7 Å². The first-order chi connectivity index (χ1) is 16.2. The third-order valence-corrected chi connectivity index (χ3v) is 6.17. The van der Waals surface area contributed by atoms with Crippen LogP contribution in [-0.2, 0) is 9.59 Å². The van der Waals surface area contributed by atoms with Gasteiger partial charge in [-0.1, -0.05) is 46.4 Å². The molecule has 3 amide bonds. The molecule has 1 aliphatic heterocycles. The van der Waals surface area contributed by atoms with Crippen molar-refractivity contribution in [3.63, 3.8) is 0 Å². The first-order valence-corrected chi connectivity index (χ1v) is 11.3. The summed E-state index contributed by atoms with van der Waals surface area (Å²) in [5.74, 6) is -1.73. The largest absolute Gasteiger partial charge is 0.350 e. The molecule has 0 atom stereocenters. The molecular formula is C24H15Cl4N3O3. The van der Waals surface area contributed by atoms with Crippen LogP contribution in [0.25, 0.3) is 0 Å². The van der Waals surface area contributed by atoms with Crippen molar-refractivity contribution in [2.24, 2.45) is 0 Å². The number of imide groups is 1. The van der Waals surface area contributed by atoms with E-state index in [1.165, 1.54) is 12.1 Å². The zero-order valence-corrected chi connectivity index (χ0v) is 20.5. The van der Waals surface area contributed by atoms with E-state index in [4.69, 9.17) is 46.4 Å². The van der Waals surface area contributed by atoms with Gasteiger partial charge in [-0.15, -0.1) is 0 Å². The van der Waals surface area contributed by atoms with Gasteiger partial charge in [-0.05, 0) is 73.2 Å². The third kappa shape index (κ3) is 4.76. The van der Waals surface area contributed by atoms with Crippen LogP contribution < -0.4 is 15.5 Å². The van der Waals surface area contributed by atoms with Gasteiger partial charge in [0.2, 0.25) is 0 Å². The van der Waals surface area contributed by atoms with Crippen molar-refractivity contribution in [1.29, 1.82) is 0 Å². The molecule has 0 aromatic heterocycles. The van der Waals surface area contributed by atoms with Crippen LogP contribution in [0.4, 0.5) is 17.1 Å². The Hall–Kier alpha value is -3.03. The number of anilines is 3. The van der Waals surface area contributed by atoms with Gasteiger partial charge in [0, 0.05) is 27.0 Å². The summed E-state index contributed by atoms with van der Waals surface area (Å²) >= 11 is 24.3. The molecule has 4 rings (SSSR count). The predicted octanol–water partition coefficient (Wildman–Crippen LogP) is 6.64. The monoisotopic (exact) mass is 533 g/mol. The number of carbonyl (C=O) groups excluding carboxylic acids is 3. The van der Waals surface area contributed by atoms with Gasteiger partial charge >= 0.3 is 0 Å². The number of benzene rings is 3. The number of halogens is 4. The number of hydrogen-bond acceptors (Lipinski definition) is 4. The van der Waals surface area contributed by atoms with E-state index in [2.05, 4.69) is 10.6 Å². The number of nitrogens with one attached hydrogen (secondary N) is 2. The Balaban J connectivity index is 1.50. The van der Waals surface area contributed by atoms with Gasteiger partial charge in [0.25, 0.3) is 17.7 Å². The quantitative estimate of drug-likeness (QED) is 0.359. The van der Waals surface area contributed by atoms with Gasteiger partial charge in [0.15, 0.2) is 0 Å². The topological polar surface area (TPSA) is 78.5 Å². The van der Waals surface area contributed by atoms with Crippen molar-refractivity contribution in [3.05, 3.63) is 97.6 Å². The Morgan fingerprint density at radius 2 is 1.47 bits per heavy atom. The molecule has 1 aliphatic rings. The maximum atomic E-state index is 13.0. The van der Waals surface area contributed by atoms with Crippen LogP contribution in [0.1, 0.15) is 15.9 Å². The smallest absolute Gasteiger partial charge is 0.283 e. The van der Waals surface area contributed by atoms with Crippen molar-refractivity contribution in [2.45, 2.75) is 6.92 Å². The fourth-order valence-electron chi connectivity index (χ4n) is 3.30. The molecule has 0 radical (unpaired) electrons. The fraction of sp³-hybridized carbons (Fsp3) is 0.0417. The summed E-state index contributed by atoms with van der Waals surface area (Å²) in [6.07, 6.45) is 0. The second kappa shape index (κ2) is 9.68. The number of carbonyl (C=O) groups is 3. The second-order valence-electron chi connectivity index (χ2n) is 7.35. The molecular weight excluding hydrogens is 520 g/mol.